The van der Waals surface area contributed by atoms with E-state index < -0.39 is 0 Å². The van der Waals surface area contributed by atoms with Crippen molar-refractivity contribution in [1.29, 1.82) is 0 Å². The van der Waals surface area contributed by atoms with Crippen LogP contribution in [0.5, 0.6) is 0 Å². The van der Waals surface area contributed by atoms with Crippen molar-refractivity contribution in [2.45, 2.75) is 13.5 Å². The lowest BCUT2D eigenvalue weighted by Crippen LogP contribution is -2.05. The molecule has 6 nitrogen and oxygen atoms in total. The Morgan fingerprint density at radius 3 is 2.95 bits per heavy atom. The maximum Gasteiger partial charge on any atom is 0.147 e. The zero-order chi connectivity index (χ0) is 13.4. The molecule has 0 fully saturated rings. The first-order chi connectivity index (χ1) is 9.19. The van der Waals surface area contributed by atoms with Gasteiger partial charge in [0.1, 0.15) is 11.5 Å². The Morgan fingerprint density at radius 2 is 2.16 bits per heavy atom. The molecule has 0 saturated carbocycles. The minimum Gasteiger partial charge on any atom is -0.390 e. The number of aliphatic hydroxyl groups is 1. The molecule has 0 atom stereocenters. The summed E-state index contributed by atoms with van der Waals surface area (Å²) >= 11 is 0. The summed E-state index contributed by atoms with van der Waals surface area (Å²) in [6.45, 7) is 1.63. The van der Waals surface area contributed by atoms with Crippen molar-refractivity contribution in [2.75, 3.05) is 5.73 Å². The van der Waals surface area contributed by atoms with Gasteiger partial charge >= 0.3 is 0 Å². The van der Waals surface area contributed by atoms with Crippen LogP contribution in [0, 0.1) is 6.92 Å². The predicted octanol–water partition coefficient (Wildman–Crippen LogP) is 1.17. The van der Waals surface area contributed by atoms with Crippen LogP contribution in [0.1, 0.15) is 11.4 Å². The van der Waals surface area contributed by atoms with Gasteiger partial charge in [0, 0.05) is 18.0 Å². The molecule has 0 aliphatic rings. The summed E-state index contributed by atoms with van der Waals surface area (Å²) in [6.07, 6.45) is 3.60. The third-order valence-electron chi connectivity index (χ3n) is 3.00. The van der Waals surface area contributed by atoms with Crippen LogP contribution in [0.3, 0.4) is 0 Å². The number of pyridine rings is 1. The van der Waals surface area contributed by atoms with Crippen LogP contribution in [0.25, 0.3) is 16.8 Å². The molecule has 19 heavy (non-hydrogen) atoms. The monoisotopic (exact) mass is 255 g/mol. The summed E-state index contributed by atoms with van der Waals surface area (Å²) in [7, 11) is 0. The van der Waals surface area contributed by atoms with Crippen LogP contribution >= 0.6 is 0 Å². The lowest BCUT2D eigenvalue weighted by Gasteiger charge is -2.09. The lowest BCUT2D eigenvalue weighted by molar-refractivity contribution is 0.277. The molecule has 3 aromatic heterocycles. The van der Waals surface area contributed by atoms with Gasteiger partial charge in [-0.15, -0.1) is 0 Å². The smallest absolute Gasteiger partial charge is 0.147 e. The fourth-order valence-corrected chi connectivity index (χ4v) is 2.03. The standard InChI is InChI=1S/C13H13N5O/c1-8-12(17-11(7-19)13(14)16-8)9-3-5-18-10(6-9)2-4-15-18/h2-6,19H,7H2,1H3,(H2,14,16). The maximum absolute atomic E-state index is 9.22. The van der Waals surface area contributed by atoms with E-state index in [0.717, 1.165) is 22.5 Å². The first kappa shape index (κ1) is 11.6. The van der Waals surface area contributed by atoms with Crippen molar-refractivity contribution in [3.63, 3.8) is 0 Å². The molecule has 0 aliphatic heterocycles. The van der Waals surface area contributed by atoms with Gasteiger partial charge in [-0.25, -0.2) is 14.5 Å². The molecule has 3 N–H and O–H groups in total. The van der Waals surface area contributed by atoms with Crippen LogP contribution in [0.4, 0.5) is 5.82 Å². The minimum atomic E-state index is -0.221. The second-order valence-corrected chi connectivity index (χ2v) is 4.26. The van der Waals surface area contributed by atoms with Crippen molar-refractivity contribution < 1.29 is 5.11 Å². The van der Waals surface area contributed by atoms with Gasteiger partial charge in [0.2, 0.25) is 0 Å². The third-order valence-corrected chi connectivity index (χ3v) is 3.00. The van der Waals surface area contributed by atoms with Crippen molar-refractivity contribution in [3.05, 3.63) is 42.0 Å². The molecule has 3 aromatic rings. The number of aromatic nitrogens is 4. The van der Waals surface area contributed by atoms with E-state index in [-0.39, 0.29) is 12.4 Å². The highest BCUT2D eigenvalue weighted by Gasteiger charge is 2.10. The molecule has 0 saturated heterocycles. The Balaban J connectivity index is 2.19. The Bertz CT molecular complexity index is 750. The number of aliphatic hydroxyl groups excluding tert-OH is 1. The second kappa shape index (κ2) is 4.33. The first-order valence-corrected chi connectivity index (χ1v) is 5.86. The number of nitrogens with zero attached hydrogens (tertiary/aromatic N) is 4. The molecule has 96 valence electrons. The van der Waals surface area contributed by atoms with E-state index in [4.69, 9.17) is 5.73 Å². The van der Waals surface area contributed by atoms with E-state index in [2.05, 4.69) is 15.1 Å². The van der Waals surface area contributed by atoms with Gasteiger partial charge in [0.05, 0.1) is 23.5 Å². The normalized spacial score (nSPS) is 11.1. The summed E-state index contributed by atoms with van der Waals surface area (Å²) in [5, 5.41) is 13.4. The van der Waals surface area contributed by atoms with Crippen LogP contribution in [-0.2, 0) is 6.61 Å². The summed E-state index contributed by atoms with van der Waals surface area (Å²) in [5.41, 5.74) is 9.46. The van der Waals surface area contributed by atoms with E-state index in [1.807, 2.05) is 31.3 Å². The van der Waals surface area contributed by atoms with Gasteiger partial charge in [-0.3, -0.25) is 0 Å². The van der Waals surface area contributed by atoms with Gasteiger partial charge in [0.15, 0.2) is 0 Å². The maximum atomic E-state index is 9.22. The molecule has 0 spiro atoms. The van der Waals surface area contributed by atoms with Crippen molar-refractivity contribution >= 4 is 11.3 Å². The average molecular weight is 255 g/mol. The molecule has 0 unspecified atom stereocenters. The molecule has 0 aromatic carbocycles. The zero-order valence-electron chi connectivity index (χ0n) is 10.4. The van der Waals surface area contributed by atoms with Crippen molar-refractivity contribution in [3.8, 4) is 11.3 Å². The quantitative estimate of drug-likeness (QED) is 0.717. The molecule has 6 heteroatoms. The predicted molar refractivity (Wildman–Crippen MR) is 71.3 cm³/mol. The van der Waals surface area contributed by atoms with Crippen molar-refractivity contribution in [1.82, 2.24) is 19.6 Å². The van der Waals surface area contributed by atoms with E-state index in [1.165, 1.54) is 0 Å². The molecular formula is C13H13N5O. The highest BCUT2D eigenvalue weighted by molar-refractivity contribution is 5.68. The zero-order valence-corrected chi connectivity index (χ0v) is 10.4. The first-order valence-electron chi connectivity index (χ1n) is 5.86. The summed E-state index contributed by atoms with van der Waals surface area (Å²) in [4.78, 5) is 8.61. The van der Waals surface area contributed by atoms with E-state index in [9.17, 15) is 5.11 Å². The number of hydrogen-bond acceptors (Lipinski definition) is 5. The Kier molecular flexibility index (Phi) is 2.64. The molecule has 0 radical (unpaired) electrons. The number of rotatable bonds is 2. The average Bonchev–Trinajstić information content (AvgIpc) is 2.86. The number of fused-ring (bicyclic) bond motifs is 1. The molecule has 0 bridgehead atoms. The number of hydrogen-bond donors (Lipinski definition) is 2. The fourth-order valence-electron chi connectivity index (χ4n) is 2.03. The second-order valence-electron chi connectivity index (χ2n) is 4.26. The van der Waals surface area contributed by atoms with Gasteiger partial charge in [-0.2, -0.15) is 5.10 Å². The van der Waals surface area contributed by atoms with E-state index >= 15 is 0 Å². The van der Waals surface area contributed by atoms with Gasteiger partial charge in [-0.05, 0) is 25.1 Å². The third kappa shape index (κ3) is 1.92. The van der Waals surface area contributed by atoms with Gasteiger partial charge in [-0.1, -0.05) is 0 Å². The minimum absolute atomic E-state index is 0.221. The van der Waals surface area contributed by atoms with Crippen LogP contribution in [-0.4, -0.2) is 24.7 Å². The van der Waals surface area contributed by atoms with Crippen LogP contribution < -0.4 is 5.73 Å². The Morgan fingerprint density at radius 1 is 1.32 bits per heavy atom. The molecule has 0 aliphatic carbocycles. The molecule has 3 heterocycles. The van der Waals surface area contributed by atoms with E-state index in [0.29, 0.717) is 5.69 Å². The van der Waals surface area contributed by atoms with Crippen molar-refractivity contribution in [2.24, 2.45) is 0 Å². The fraction of sp³-hybridized carbons (Fsp3) is 0.154. The lowest BCUT2D eigenvalue weighted by atomic mass is 10.1. The topological polar surface area (TPSA) is 89.3 Å². The number of nitrogen functional groups attached to an aromatic ring is 1. The molecular weight excluding hydrogens is 242 g/mol. The van der Waals surface area contributed by atoms with Gasteiger partial charge in [0.25, 0.3) is 0 Å². The Labute approximate surface area is 109 Å². The van der Waals surface area contributed by atoms with E-state index in [1.54, 1.807) is 10.7 Å². The summed E-state index contributed by atoms with van der Waals surface area (Å²) < 4.78 is 1.77. The highest BCUT2D eigenvalue weighted by atomic mass is 16.3. The van der Waals surface area contributed by atoms with Gasteiger partial charge < -0.3 is 10.8 Å². The molecule has 3 rings (SSSR count). The number of anilines is 1. The SMILES string of the molecule is Cc1nc(N)c(CO)nc1-c1ccn2nccc2c1. The van der Waals surface area contributed by atoms with Crippen LogP contribution in [0.2, 0.25) is 0 Å². The van der Waals surface area contributed by atoms with Crippen LogP contribution in [0.15, 0.2) is 30.6 Å². The summed E-state index contributed by atoms with van der Waals surface area (Å²) in [6, 6.07) is 5.80. The largest absolute Gasteiger partial charge is 0.390 e. The highest BCUT2D eigenvalue weighted by Crippen LogP contribution is 2.23. The number of aryl methyl sites for hydroxylation is 1. The Hall–Kier alpha value is -2.47. The number of nitrogens with two attached hydrogens (primary N) is 1. The molecule has 0 amide bonds. The summed E-state index contributed by atoms with van der Waals surface area (Å²) in [5.74, 6) is 0.272.